The van der Waals surface area contributed by atoms with E-state index in [-0.39, 0.29) is 17.9 Å². The van der Waals surface area contributed by atoms with E-state index in [2.05, 4.69) is 10.6 Å². The first kappa shape index (κ1) is 18.0. The van der Waals surface area contributed by atoms with E-state index in [1.165, 1.54) is 19.3 Å². The van der Waals surface area contributed by atoms with E-state index in [1.807, 2.05) is 25.9 Å². The summed E-state index contributed by atoms with van der Waals surface area (Å²) < 4.78 is 0. The van der Waals surface area contributed by atoms with Crippen molar-refractivity contribution in [1.29, 1.82) is 0 Å². The smallest absolute Gasteiger partial charge is 0.242 e. The van der Waals surface area contributed by atoms with Gasteiger partial charge in [-0.3, -0.25) is 9.59 Å². The Labute approximate surface area is 128 Å². The predicted molar refractivity (Wildman–Crippen MR) is 85.0 cm³/mol. The first-order valence-corrected chi connectivity index (χ1v) is 8.13. The van der Waals surface area contributed by atoms with Crippen LogP contribution in [0, 0.1) is 5.92 Å². The van der Waals surface area contributed by atoms with E-state index in [1.54, 1.807) is 6.92 Å². The molecule has 0 aliphatic heterocycles. The van der Waals surface area contributed by atoms with Gasteiger partial charge in [0.2, 0.25) is 11.8 Å². The van der Waals surface area contributed by atoms with E-state index < -0.39 is 6.04 Å². The molecule has 0 aromatic carbocycles. The van der Waals surface area contributed by atoms with Gasteiger partial charge in [-0.05, 0) is 46.7 Å². The zero-order valence-electron chi connectivity index (χ0n) is 13.9. The predicted octanol–water partition coefficient (Wildman–Crippen LogP) is 1.53. The summed E-state index contributed by atoms with van der Waals surface area (Å²) in [6.45, 7) is 4.38. The number of nitrogens with zero attached hydrogens (tertiary/aromatic N) is 1. The molecule has 1 fully saturated rings. The summed E-state index contributed by atoms with van der Waals surface area (Å²) >= 11 is 0. The molecule has 0 saturated heterocycles. The lowest BCUT2D eigenvalue weighted by atomic mass is 9.87. The molecule has 5 heteroatoms. The number of amides is 2. The van der Waals surface area contributed by atoms with Crippen LogP contribution in [0.4, 0.5) is 0 Å². The highest BCUT2D eigenvalue weighted by Gasteiger charge is 2.20. The molecule has 0 bridgehead atoms. The van der Waals surface area contributed by atoms with Crippen LogP contribution in [0.1, 0.15) is 52.4 Å². The third-order valence-corrected chi connectivity index (χ3v) is 4.42. The van der Waals surface area contributed by atoms with Crippen molar-refractivity contribution in [1.82, 2.24) is 15.5 Å². The molecule has 1 aliphatic carbocycles. The fourth-order valence-corrected chi connectivity index (χ4v) is 2.60. The molecule has 2 atom stereocenters. The third kappa shape index (κ3) is 6.93. The molecule has 122 valence electrons. The van der Waals surface area contributed by atoms with Crippen LogP contribution < -0.4 is 10.6 Å². The molecular weight excluding hydrogens is 266 g/mol. The second kappa shape index (κ2) is 9.03. The van der Waals surface area contributed by atoms with Gasteiger partial charge in [0.1, 0.15) is 6.04 Å². The Kier molecular flexibility index (Phi) is 7.72. The molecular formula is C16H31N3O2. The van der Waals surface area contributed by atoms with Crippen LogP contribution in [0.25, 0.3) is 0 Å². The molecule has 1 rings (SSSR count). The Morgan fingerprint density at radius 2 is 1.76 bits per heavy atom. The molecule has 0 spiro atoms. The summed E-state index contributed by atoms with van der Waals surface area (Å²) in [5, 5.41) is 5.69. The minimum atomic E-state index is -0.463. The van der Waals surface area contributed by atoms with Crippen LogP contribution in [-0.2, 0) is 9.59 Å². The van der Waals surface area contributed by atoms with Crippen molar-refractivity contribution >= 4 is 11.8 Å². The number of hydrogen-bond acceptors (Lipinski definition) is 3. The number of nitrogens with one attached hydrogen (secondary N) is 2. The van der Waals surface area contributed by atoms with E-state index in [4.69, 9.17) is 0 Å². The second-order valence-electron chi connectivity index (χ2n) is 6.56. The van der Waals surface area contributed by atoms with Gasteiger partial charge in [0.05, 0.1) is 0 Å². The quantitative estimate of drug-likeness (QED) is 0.749. The van der Waals surface area contributed by atoms with Gasteiger partial charge in [0.25, 0.3) is 0 Å². The van der Waals surface area contributed by atoms with Crippen molar-refractivity contribution < 1.29 is 9.59 Å². The molecule has 0 heterocycles. The maximum atomic E-state index is 12.0. The highest BCUT2D eigenvalue weighted by atomic mass is 16.2. The second-order valence-corrected chi connectivity index (χ2v) is 6.56. The molecule has 2 amide bonds. The average molecular weight is 297 g/mol. The first-order valence-electron chi connectivity index (χ1n) is 8.13. The lowest BCUT2D eigenvalue weighted by Gasteiger charge is -2.23. The summed E-state index contributed by atoms with van der Waals surface area (Å²) in [5.41, 5.74) is 0. The highest BCUT2D eigenvalue weighted by molar-refractivity contribution is 5.87. The average Bonchev–Trinajstić information content (AvgIpc) is 2.44. The van der Waals surface area contributed by atoms with E-state index in [0.29, 0.717) is 18.9 Å². The lowest BCUT2D eigenvalue weighted by molar-refractivity contribution is -0.129. The van der Waals surface area contributed by atoms with Crippen molar-refractivity contribution in [2.75, 3.05) is 20.6 Å². The number of carbonyl (C=O) groups excluding carboxylic acids is 2. The van der Waals surface area contributed by atoms with Crippen LogP contribution in [0.15, 0.2) is 0 Å². The minimum Gasteiger partial charge on any atom is -0.353 e. The molecule has 0 aromatic rings. The van der Waals surface area contributed by atoms with Crippen LogP contribution >= 0.6 is 0 Å². The Morgan fingerprint density at radius 3 is 2.33 bits per heavy atom. The van der Waals surface area contributed by atoms with Crippen molar-refractivity contribution in [3.8, 4) is 0 Å². The van der Waals surface area contributed by atoms with Gasteiger partial charge in [0.15, 0.2) is 0 Å². The maximum absolute atomic E-state index is 12.0. The van der Waals surface area contributed by atoms with Crippen molar-refractivity contribution in [3.05, 3.63) is 0 Å². The fourth-order valence-electron chi connectivity index (χ4n) is 2.60. The summed E-state index contributed by atoms with van der Waals surface area (Å²) in [7, 11) is 3.96. The fraction of sp³-hybridized carbons (Fsp3) is 0.875. The summed E-state index contributed by atoms with van der Waals surface area (Å²) in [4.78, 5) is 26.0. The Bertz CT molecular complexity index is 338. The van der Waals surface area contributed by atoms with Gasteiger partial charge in [-0.2, -0.15) is 0 Å². The highest BCUT2D eigenvalue weighted by Crippen LogP contribution is 2.26. The van der Waals surface area contributed by atoms with Gasteiger partial charge in [-0.25, -0.2) is 0 Å². The van der Waals surface area contributed by atoms with Crippen LogP contribution in [0.2, 0.25) is 0 Å². The van der Waals surface area contributed by atoms with E-state index >= 15 is 0 Å². The number of likely N-dealkylation sites (N-methyl/N-ethyl adjacent to an activating group) is 1. The third-order valence-electron chi connectivity index (χ3n) is 4.42. The summed E-state index contributed by atoms with van der Waals surface area (Å²) in [5.74, 6) is 0.397. The topological polar surface area (TPSA) is 61.4 Å². The first-order chi connectivity index (χ1) is 9.90. The normalized spacial score (nSPS) is 19.1. The Balaban J connectivity index is 2.25. The van der Waals surface area contributed by atoms with E-state index in [9.17, 15) is 9.59 Å². The standard InChI is InChI=1S/C16H31N3O2/c1-12(19(3)4)11-17-16(21)13(2)18-15(20)10-14-8-6-5-7-9-14/h12-14H,5-11H2,1-4H3,(H,17,21)(H,18,20)/t12-,13-/m1/s1. The van der Waals surface area contributed by atoms with Gasteiger partial charge in [0, 0.05) is 19.0 Å². The van der Waals surface area contributed by atoms with Gasteiger partial charge < -0.3 is 15.5 Å². The van der Waals surface area contributed by atoms with Crippen molar-refractivity contribution in [2.24, 2.45) is 5.92 Å². The molecule has 1 saturated carbocycles. The monoisotopic (exact) mass is 297 g/mol. The molecule has 0 unspecified atom stereocenters. The van der Waals surface area contributed by atoms with Gasteiger partial charge >= 0.3 is 0 Å². The van der Waals surface area contributed by atoms with Crippen molar-refractivity contribution in [2.45, 2.75) is 64.5 Å². The summed E-state index contributed by atoms with van der Waals surface area (Å²) in [6.07, 6.45) is 6.61. The number of carbonyl (C=O) groups is 2. The molecule has 0 aromatic heterocycles. The molecule has 0 radical (unpaired) electrons. The zero-order chi connectivity index (χ0) is 15.8. The Morgan fingerprint density at radius 1 is 1.14 bits per heavy atom. The van der Waals surface area contributed by atoms with Crippen LogP contribution in [-0.4, -0.2) is 49.4 Å². The van der Waals surface area contributed by atoms with Crippen LogP contribution in [0.3, 0.4) is 0 Å². The Hall–Kier alpha value is -1.10. The van der Waals surface area contributed by atoms with Crippen LogP contribution in [0.5, 0.6) is 0 Å². The summed E-state index contributed by atoms with van der Waals surface area (Å²) in [6, 6.07) is -0.186. The molecule has 21 heavy (non-hydrogen) atoms. The maximum Gasteiger partial charge on any atom is 0.242 e. The zero-order valence-corrected chi connectivity index (χ0v) is 13.9. The van der Waals surface area contributed by atoms with E-state index in [0.717, 1.165) is 12.8 Å². The number of rotatable bonds is 7. The molecule has 5 nitrogen and oxygen atoms in total. The lowest BCUT2D eigenvalue weighted by Crippen LogP contribution is -2.48. The van der Waals surface area contributed by atoms with Crippen molar-refractivity contribution in [3.63, 3.8) is 0 Å². The minimum absolute atomic E-state index is 0.00482. The van der Waals surface area contributed by atoms with Gasteiger partial charge in [-0.1, -0.05) is 19.3 Å². The largest absolute Gasteiger partial charge is 0.353 e. The van der Waals surface area contributed by atoms with Gasteiger partial charge in [-0.15, -0.1) is 0 Å². The molecule has 1 aliphatic rings. The molecule has 2 N–H and O–H groups in total. The SMILES string of the molecule is C[C@H](CNC(=O)[C@@H](C)NC(=O)CC1CCCCC1)N(C)C. The number of hydrogen-bond donors (Lipinski definition) is 2.